The van der Waals surface area contributed by atoms with Crippen LogP contribution in [-0.2, 0) is 13.0 Å². The maximum atomic E-state index is 12.4. The van der Waals surface area contributed by atoms with E-state index >= 15 is 0 Å². The molecule has 5 nitrogen and oxygen atoms in total. The first kappa shape index (κ1) is 18.5. The molecule has 0 aliphatic carbocycles. The van der Waals surface area contributed by atoms with Crippen molar-refractivity contribution in [1.82, 2.24) is 10.3 Å². The summed E-state index contributed by atoms with van der Waals surface area (Å²) < 4.78 is 5.37. The molecule has 0 radical (unpaired) electrons. The lowest BCUT2D eigenvalue weighted by molar-refractivity contribution is 0.0950. The molecule has 0 saturated carbocycles. The number of carbonyl (C=O) groups is 1. The van der Waals surface area contributed by atoms with Crippen LogP contribution in [0.15, 0.2) is 73.1 Å². The summed E-state index contributed by atoms with van der Waals surface area (Å²) in [6, 6.07) is 19.6. The maximum Gasteiger partial charge on any atom is 0.253 e. The first-order chi connectivity index (χ1) is 13.3. The van der Waals surface area contributed by atoms with Gasteiger partial charge in [-0.25, -0.2) is 0 Å². The molecule has 0 bridgehead atoms. The van der Waals surface area contributed by atoms with Crippen LogP contribution in [0.1, 0.15) is 21.5 Å². The van der Waals surface area contributed by atoms with Crippen LogP contribution in [0.4, 0.5) is 5.69 Å². The van der Waals surface area contributed by atoms with Crippen molar-refractivity contribution in [3.63, 3.8) is 0 Å². The van der Waals surface area contributed by atoms with Gasteiger partial charge in [0.2, 0.25) is 0 Å². The highest BCUT2D eigenvalue weighted by atomic mass is 16.5. The number of pyridine rings is 1. The Morgan fingerprint density at radius 1 is 1.04 bits per heavy atom. The number of benzene rings is 2. The van der Waals surface area contributed by atoms with Crippen molar-refractivity contribution in [2.45, 2.75) is 13.0 Å². The van der Waals surface area contributed by atoms with E-state index in [2.05, 4.69) is 15.6 Å². The second-order valence-electron chi connectivity index (χ2n) is 6.12. The molecule has 0 unspecified atom stereocenters. The van der Waals surface area contributed by atoms with Crippen molar-refractivity contribution in [1.29, 1.82) is 0 Å². The van der Waals surface area contributed by atoms with Gasteiger partial charge in [-0.3, -0.25) is 9.78 Å². The third-order valence-corrected chi connectivity index (χ3v) is 4.21. The second-order valence-corrected chi connectivity index (χ2v) is 6.12. The fourth-order valence-corrected chi connectivity index (χ4v) is 2.79. The topological polar surface area (TPSA) is 63.2 Å². The first-order valence-electron chi connectivity index (χ1n) is 8.89. The average Bonchev–Trinajstić information content (AvgIpc) is 2.73. The van der Waals surface area contributed by atoms with Crippen LogP contribution in [0, 0.1) is 0 Å². The Labute approximate surface area is 159 Å². The number of nitrogens with zero attached hydrogens (tertiary/aromatic N) is 1. The largest absolute Gasteiger partial charge is 0.496 e. The van der Waals surface area contributed by atoms with Crippen LogP contribution in [-0.4, -0.2) is 24.5 Å². The van der Waals surface area contributed by atoms with Gasteiger partial charge in [0.15, 0.2) is 0 Å². The number of hydrogen-bond donors (Lipinski definition) is 2. The number of aromatic nitrogens is 1. The van der Waals surface area contributed by atoms with Crippen LogP contribution in [0.5, 0.6) is 5.75 Å². The predicted molar refractivity (Wildman–Crippen MR) is 107 cm³/mol. The van der Waals surface area contributed by atoms with Gasteiger partial charge in [0, 0.05) is 25.5 Å². The summed E-state index contributed by atoms with van der Waals surface area (Å²) in [5, 5.41) is 6.23. The highest BCUT2D eigenvalue weighted by molar-refractivity contribution is 5.94. The van der Waals surface area contributed by atoms with Gasteiger partial charge in [-0.05, 0) is 29.7 Å². The van der Waals surface area contributed by atoms with Gasteiger partial charge < -0.3 is 15.4 Å². The smallest absolute Gasteiger partial charge is 0.253 e. The summed E-state index contributed by atoms with van der Waals surface area (Å²) in [7, 11) is 1.67. The number of carbonyl (C=O) groups excluding carboxylic acids is 1. The van der Waals surface area contributed by atoms with Gasteiger partial charge in [-0.15, -0.1) is 0 Å². The van der Waals surface area contributed by atoms with Gasteiger partial charge in [0.05, 0.1) is 18.4 Å². The van der Waals surface area contributed by atoms with E-state index in [4.69, 9.17) is 4.74 Å². The standard InChI is InChI=1S/C22H23N3O2/c1-27-21-10-6-5-9-18(21)11-12-24-20-13-19(15-23-16-20)22(26)25-14-17-7-3-2-4-8-17/h2-10,13,15-16,24H,11-12,14H2,1H3,(H,25,26). The van der Waals surface area contributed by atoms with Gasteiger partial charge >= 0.3 is 0 Å². The minimum atomic E-state index is -0.139. The molecule has 5 heteroatoms. The minimum Gasteiger partial charge on any atom is -0.496 e. The van der Waals surface area contributed by atoms with Crippen LogP contribution in [0.2, 0.25) is 0 Å². The number of rotatable bonds is 8. The molecule has 0 saturated heterocycles. The Hall–Kier alpha value is -3.34. The molecule has 3 rings (SSSR count). The Bertz CT molecular complexity index is 881. The molecule has 0 atom stereocenters. The highest BCUT2D eigenvalue weighted by Crippen LogP contribution is 2.18. The third-order valence-electron chi connectivity index (χ3n) is 4.21. The van der Waals surface area contributed by atoms with Crippen molar-refractivity contribution in [3.05, 3.63) is 89.7 Å². The van der Waals surface area contributed by atoms with Crippen molar-refractivity contribution < 1.29 is 9.53 Å². The number of para-hydroxylation sites is 1. The Balaban J connectivity index is 1.54. The van der Waals surface area contributed by atoms with Crippen LogP contribution in [0.3, 0.4) is 0 Å². The number of anilines is 1. The lowest BCUT2D eigenvalue weighted by atomic mass is 10.1. The van der Waals surface area contributed by atoms with Crippen molar-refractivity contribution in [2.24, 2.45) is 0 Å². The lowest BCUT2D eigenvalue weighted by Gasteiger charge is -2.10. The number of methoxy groups -OCH3 is 1. The van der Waals surface area contributed by atoms with E-state index in [0.717, 1.165) is 35.5 Å². The second kappa shape index (κ2) is 9.38. The molecule has 3 aromatic rings. The summed E-state index contributed by atoms with van der Waals surface area (Å²) in [5.41, 5.74) is 3.55. The summed E-state index contributed by atoms with van der Waals surface area (Å²) in [6.45, 7) is 1.21. The van der Waals surface area contributed by atoms with E-state index in [0.29, 0.717) is 12.1 Å². The molecule has 2 N–H and O–H groups in total. The molecule has 0 aliphatic rings. The van der Waals surface area contributed by atoms with E-state index in [1.165, 1.54) is 0 Å². The quantitative estimate of drug-likeness (QED) is 0.642. The predicted octanol–water partition coefficient (Wildman–Crippen LogP) is 3.67. The van der Waals surface area contributed by atoms with E-state index in [9.17, 15) is 4.79 Å². The molecule has 0 aliphatic heterocycles. The zero-order valence-corrected chi connectivity index (χ0v) is 15.3. The maximum absolute atomic E-state index is 12.4. The normalized spacial score (nSPS) is 10.3. The van der Waals surface area contributed by atoms with Crippen molar-refractivity contribution >= 4 is 11.6 Å². The van der Waals surface area contributed by atoms with Crippen LogP contribution < -0.4 is 15.4 Å². The highest BCUT2D eigenvalue weighted by Gasteiger charge is 2.07. The van der Waals surface area contributed by atoms with Gasteiger partial charge in [0.1, 0.15) is 5.75 Å². The van der Waals surface area contributed by atoms with Crippen molar-refractivity contribution in [2.75, 3.05) is 19.0 Å². The molecule has 27 heavy (non-hydrogen) atoms. The molecule has 1 amide bonds. The molecule has 1 aromatic heterocycles. The fourth-order valence-electron chi connectivity index (χ4n) is 2.79. The van der Waals surface area contributed by atoms with Gasteiger partial charge in [0.25, 0.3) is 5.91 Å². The Morgan fingerprint density at radius 2 is 1.81 bits per heavy atom. The number of ether oxygens (including phenoxy) is 1. The van der Waals surface area contributed by atoms with Crippen LogP contribution >= 0.6 is 0 Å². The number of nitrogens with one attached hydrogen (secondary N) is 2. The van der Waals surface area contributed by atoms with Gasteiger partial charge in [-0.2, -0.15) is 0 Å². The monoisotopic (exact) mass is 361 g/mol. The van der Waals surface area contributed by atoms with E-state index < -0.39 is 0 Å². The minimum absolute atomic E-state index is 0.139. The molecule has 0 fully saturated rings. The molecule has 0 spiro atoms. The average molecular weight is 361 g/mol. The third kappa shape index (κ3) is 5.31. The molecule has 138 valence electrons. The van der Waals surface area contributed by atoms with E-state index in [1.54, 1.807) is 19.5 Å². The number of hydrogen-bond acceptors (Lipinski definition) is 4. The van der Waals surface area contributed by atoms with Crippen molar-refractivity contribution in [3.8, 4) is 5.75 Å². The molecule has 1 heterocycles. The summed E-state index contributed by atoms with van der Waals surface area (Å²) in [4.78, 5) is 16.5. The zero-order valence-electron chi connectivity index (χ0n) is 15.3. The summed E-state index contributed by atoms with van der Waals surface area (Å²) in [5.74, 6) is 0.742. The number of amides is 1. The summed E-state index contributed by atoms with van der Waals surface area (Å²) >= 11 is 0. The van der Waals surface area contributed by atoms with Gasteiger partial charge in [-0.1, -0.05) is 48.5 Å². The van der Waals surface area contributed by atoms with E-state index in [1.807, 2.05) is 60.7 Å². The Morgan fingerprint density at radius 3 is 2.63 bits per heavy atom. The fraction of sp³-hybridized carbons (Fsp3) is 0.182. The first-order valence-corrected chi connectivity index (χ1v) is 8.89. The Kier molecular flexibility index (Phi) is 6.41. The molecular weight excluding hydrogens is 338 g/mol. The summed E-state index contributed by atoms with van der Waals surface area (Å²) in [6.07, 6.45) is 4.11. The zero-order chi connectivity index (χ0) is 18.9. The van der Waals surface area contributed by atoms with E-state index in [-0.39, 0.29) is 5.91 Å². The SMILES string of the molecule is COc1ccccc1CCNc1cncc(C(=O)NCc2ccccc2)c1. The van der Waals surface area contributed by atoms with Crippen LogP contribution in [0.25, 0.3) is 0 Å². The molecular formula is C22H23N3O2. The molecule has 2 aromatic carbocycles. The lowest BCUT2D eigenvalue weighted by Crippen LogP contribution is -2.23.